The Kier molecular flexibility index (Phi) is 5.96. The van der Waals surface area contributed by atoms with E-state index < -0.39 is 0 Å². The lowest BCUT2D eigenvalue weighted by Gasteiger charge is -2.27. The Morgan fingerprint density at radius 2 is 2.00 bits per heavy atom. The molecule has 0 saturated carbocycles. The van der Waals surface area contributed by atoms with Crippen LogP contribution < -0.4 is 5.32 Å². The van der Waals surface area contributed by atoms with Gasteiger partial charge >= 0.3 is 0 Å². The number of rotatable bonds is 6. The van der Waals surface area contributed by atoms with E-state index in [0.29, 0.717) is 12.0 Å². The number of carbonyl (C=O) groups is 1. The summed E-state index contributed by atoms with van der Waals surface area (Å²) >= 11 is 0. The number of benzene rings is 1. The maximum atomic E-state index is 13.7. The van der Waals surface area contributed by atoms with Crippen molar-refractivity contribution in [1.29, 1.82) is 0 Å². The van der Waals surface area contributed by atoms with Gasteiger partial charge in [-0.25, -0.2) is 4.39 Å². The van der Waals surface area contributed by atoms with E-state index in [2.05, 4.69) is 5.32 Å². The van der Waals surface area contributed by atoms with Crippen LogP contribution in [0.5, 0.6) is 0 Å². The van der Waals surface area contributed by atoms with Crippen molar-refractivity contribution in [2.24, 2.45) is 0 Å². The molecule has 3 nitrogen and oxygen atoms in total. The van der Waals surface area contributed by atoms with Gasteiger partial charge in [-0.05, 0) is 26.5 Å². The number of halogens is 1. The molecule has 2 unspecified atom stereocenters. The van der Waals surface area contributed by atoms with E-state index in [1.807, 2.05) is 20.8 Å². The van der Waals surface area contributed by atoms with Gasteiger partial charge in [0.15, 0.2) is 0 Å². The van der Waals surface area contributed by atoms with Gasteiger partial charge in [-0.15, -0.1) is 0 Å². The van der Waals surface area contributed by atoms with Crippen molar-refractivity contribution in [1.82, 2.24) is 10.2 Å². The molecule has 0 aliphatic heterocycles. The molecule has 0 radical (unpaired) electrons. The van der Waals surface area contributed by atoms with Crippen molar-refractivity contribution in [2.45, 2.75) is 39.3 Å². The van der Waals surface area contributed by atoms with Crippen LogP contribution in [0.3, 0.4) is 0 Å². The molecule has 1 N–H and O–H groups in total. The summed E-state index contributed by atoms with van der Waals surface area (Å²) in [5.41, 5.74) is 0.550. The fourth-order valence-corrected chi connectivity index (χ4v) is 2.07. The molecule has 0 heterocycles. The molecule has 106 valence electrons. The molecule has 2 atom stereocenters. The lowest BCUT2D eigenvalue weighted by atomic mass is 10.1. The van der Waals surface area contributed by atoms with E-state index in [1.165, 1.54) is 6.07 Å². The normalized spacial score (nSPS) is 13.9. The largest absolute Gasteiger partial charge is 0.339 e. The average molecular weight is 266 g/mol. The van der Waals surface area contributed by atoms with Gasteiger partial charge in [-0.2, -0.15) is 0 Å². The molecule has 19 heavy (non-hydrogen) atoms. The fourth-order valence-electron chi connectivity index (χ4n) is 2.07. The Hall–Kier alpha value is -1.42. The van der Waals surface area contributed by atoms with E-state index in [4.69, 9.17) is 0 Å². The lowest BCUT2D eigenvalue weighted by molar-refractivity contribution is -0.132. The first-order valence-corrected chi connectivity index (χ1v) is 6.70. The molecule has 0 fully saturated rings. The van der Waals surface area contributed by atoms with Crippen LogP contribution in [-0.4, -0.2) is 30.4 Å². The minimum atomic E-state index is -0.269. The second-order valence-corrected chi connectivity index (χ2v) is 4.86. The summed E-state index contributed by atoms with van der Waals surface area (Å²) in [6, 6.07) is 6.45. The van der Waals surface area contributed by atoms with Gasteiger partial charge in [0.2, 0.25) is 5.91 Å². The number of nitrogens with zero attached hydrogens (tertiary/aromatic N) is 1. The minimum absolute atomic E-state index is 0.0178. The summed E-state index contributed by atoms with van der Waals surface area (Å²) in [7, 11) is 1.72. The van der Waals surface area contributed by atoms with Crippen LogP contribution in [-0.2, 0) is 4.79 Å². The average Bonchev–Trinajstić information content (AvgIpc) is 2.37. The van der Waals surface area contributed by atoms with Gasteiger partial charge in [0, 0.05) is 25.1 Å². The van der Waals surface area contributed by atoms with Gasteiger partial charge in [-0.3, -0.25) is 4.79 Å². The van der Waals surface area contributed by atoms with Crippen LogP contribution in [0.15, 0.2) is 24.3 Å². The highest BCUT2D eigenvalue weighted by Crippen LogP contribution is 2.22. The van der Waals surface area contributed by atoms with Gasteiger partial charge in [-0.1, -0.05) is 25.1 Å². The predicted octanol–water partition coefficient (Wildman–Crippen LogP) is 2.73. The standard InChI is InChI=1S/C15H23FN2O/c1-5-17-11(2)10-15(19)18(4)12(3)13-8-6-7-9-14(13)16/h6-9,11-12,17H,5,10H2,1-4H3. The Labute approximate surface area is 114 Å². The second kappa shape index (κ2) is 7.24. The van der Waals surface area contributed by atoms with E-state index in [9.17, 15) is 9.18 Å². The van der Waals surface area contributed by atoms with Gasteiger partial charge < -0.3 is 10.2 Å². The topological polar surface area (TPSA) is 32.3 Å². The summed E-state index contributed by atoms with van der Waals surface area (Å²) in [4.78, 5) is 13.7. The molecular formula is C15H23FN2O. The third-order valence-corrected chi connectivity index (χ3v) is 3.36. The molecule has 1 amide bonds. The Balaban J connectivity index is 2.69. The summed E-state index contributed by atoms with van der Waals surface area (Å²) < 4.78 is 13.7. The molecule has 1 rings (SSSR count). The SMILES string of the molecule is CCNC(C)CC(=O)N(C)C(C)c1ccccc1F. The first-order chi connectivity index (χ1) is 8.97. The lowest BCUT2D eigenvalue weighted by Crippen LogP contribution is -2.36. The second-order valence-electron chi connectivity index (χ2n) is 4.86. The smallest absolute Gasteiger partial charge is 0.224 e. The van der Waals surface area contributed by atoms with Crippen LogP contribution in [0.4, 0.5) is 4.39 Å². The summed E-state index contributed by atoms with van der Waals surface area (Å²) in [5.74, 6) is -0.251. The summed E-state index contributed by atoms with van der Waals surface area (Å²) in [6.45, 7) is 6.66. The molecule has 0 spiro atoms. The van der Waals surface area contributed by atoms with Crippen molar-refractivity contribution in [3.05, 3.63) is 35.6 Å². The van der Waals surface area contributed by atoms with Crippen molar-refractivity contribution < 1.29 is 9.18 Å². The molecular weight excluding hydrogens is 243 g/mol. The zero-order valence-corrected chi connectivity index (χ0v) is 12.1. The van der Waals surface area contributed by atoms with Crippen molar-refractivity contribution in [3.8, 4) is 0 Å². The van der Waals surface area contributed by atoms with Crippen molar-refractivity contribution in [2.75, 3.05) is 13.6 Å². The van der Waals surface area contributed by atoms with Crippen LogP contribution in [0.25, 0.3) is 0 Å². The van der Waals surface area contributed by atoms with Crippen LogP contribution in [0.1, 0.15) is 38.8 Å². The van der Waals surface area contributed by atoms with E-state index in [-0.39, 0.29) is 23.8 Å². The Bertz CT molecular complexity index is 422. The number of carbonyl (C=O) groups excluding carboxylic acids is 1. The third kappa shape index (κ3) is 4.31. The highest BCUT2D eigenvalue weighted by Gasteiger charge is 2.20. The van der Waals surface area contributed by atoms with Crippen LogP contribution in [0.2, 0.25) is 0 Å². The molecule has 0 aliphatic rings. The zero-order valence-electron chi connectivity index (χ0n) is 12.1. The first-order valence-electron chi connectivity index (χ1n) is 6.70. The first kappa shape index (κ1) is 15.6. The number of amides is 1. The highest BCUT2D eigenvalue weighted by atomic mass is 19.1. The molecule has 1 aromatic rings. The molecule has 0 bridgehead atoms. The van der Waals surface area contributed by atoms with Crippen LogP contribution >= 0.6 is 0 Å². The summed E-state index contributed by atoms with van der Waals surface area (Å²) in [6.07, 6.45) is 0.420. The van der Waals surface area contributed by atoms with Crippen LogP contribution in [0, 0.1) is 5.82 Å². The zero-order chi connectivity index (χ0) is 14.4. The van der Waals surface area contributed by atoms with Gasteiger partial charge in [0.25, 0.3) is 0 Å². The number of nitrogens with one attached hydrogen (secondary N) is 1. The monoisotopic (exact) mass is 266 g/mol. The van der Waals surface area contributed by atoms with E-state index >= 15 is 0 Å². The fraction of sp³-hybridized carbons (Fsp3) is 0.533. The number of hydrogen-bond acceptors (Lipinski definition) is 2. The Morgan fingerprint density at radius 1 is 1.37 bits per heavy atom. The van der Waals surface area contributed by atoms with Gasteiger partial charge in [0.1, 0.15) is 5.82 Å². The Morgan fingerprint density at radius 3 is 2.58 bits per heavy atom. The molecule has 0 aromatic heterocycles. The molecule has 4 heteroatoms. The number of hydrogen-bond donors (Lipinski definition) is 1. The van der Waals surface area contributed by atoms with E-state index in [1.54, 1.807) is 30.1 Å². The maximum absolute atomic E-state index is 13.7. The quantitative estimate of drug-likeness (QED) is 0.858. The molecule has 0 aliphatic carbocycles. The van der Waals surface area contributed by atoms with Crippen molar-refractivity contribution in [3.63, 3.8) is 0 Å². The van der Waals surface area contributed by atoms with E-state index in [0.717, 1.165) is 6.54 Å². The predicted molar refractivity (Wildman–Crippen MR) is 75.3 cm³/mol. The third-order valence-electron chi connectivity index (χ3n) is 3.36. The summed E-state index contributed by atoms with van der Waals surface area (Å²) in [5, 5.41) is 3.20. The minimum Gasteiger partial charge on any atom is -0.339 e. The molecule has 0 saturated heterocycles. The maximum Gasteiger partial charge on any atom is 0.224 e. The molecule has 1 aromatic carbocycles. The van der Waals surface area contributed by atoms with Crippen molar-refractivity contribution >= 4 is 5.91 Å². The van der Waals surface area contributed by atoms with Gasteiger partial charge in [0.05, 0.1) is 6.04 Å². The highest BCUT2D eigenvalue weighted by molar-refractivity contribution is 5.77.